The highest BCUT2D eigenvalue weighted by Crippen LogP contribution is 2.31. The lowest BCUT2D eigenvalue weighted by Crippen LogP contribution is -1.80. The van der Waals surface area contributed by atoms with Crippen molar-refractivity contribution < 1.29 is 4.42 Å². The first-order valence-corrected chi connectivity index (χ1v) is 6.07. The maximum absolute atomic E-state index is 6.06. The molecule has 0 aliphatic rings. The molecule has 0 fully saturated rings. The van der Waals surface area contributed by atoms with Crippen LogP contribution in [0.3, 0.4) is 0 Å². The minimum atomic E-state index is 0.471. The summed E-state index contributed by atoms with van der Waals surface area (Å²) in [5.74, 6) is 0.471. The molecule has 0 aliphatic carbocycles. The van der Waals surface area contributed by atoms with Crippen LogP contribution in [0.25, 0.3) is 22.6 Å². The molecule has 0 N–H and O–H groups in total. The fraction of sp³-hybridized carbons (Fsp3) is 0.0769. The highest BCUT2D eigenvalue weighted by atomic mass is 35.5. The molecule has 0 saturated heterocycles. The molecule has 2 heterocycles. The Labute approximate surface area is 113 Å². The largest absolute Gasteiger partial charge is 0.436 e. The van der Waals surface area contributed by atoms with E-state index in [1.165, 1.54) is 0 Å². The number of nitrogens with zero attached hydrogens (tertiary/aromatic N) is 2. The minimum absolute atomic E-state index is 0.471. The summed E-state index contributed by atoms with van der Waals surface area (Å²) in [6.07, 6.45) is 3.21. The smallest absolute Gasteiger partial charge is 0.228 e. The van der Waals surface area contributed by atoms with Crippen LogP contribution in [-0.2, 0) is 0 Å². The van der Waals surface area contributed by atoms with E-state index in [-0.39, 0.29) is 0 Å². The van der Waals surface area contributed by atoms with Crippen LogP contribution in [0.1, 0.15) is 5.56 Å². The van der Waals surface area contributed by atoms with E-state index in [4.69, 9.17) is 27.6 Å². The normalized spacial score (nSPS) is 11.1. The molecule has 0 amide bonds. The second-order valence-corrected chi connectivity index (χ2v) is 4.76. The van der Waals surface area contributed by atoms with Crippen molar-refractivity contribution >= 4 is 34.3 Å². The second-order valence-electron chi connectivity index (χ2n) is 3.94. The summed E-state index contributed by atoms with van der Waals surface area (Å²) < 4.78 is 5.66. The summed E-state index contributed by atoms with van der Waals surface area (Å²) in [5, 5.41) is 1.16. The van der Waals surface area contributed by atoms with Gasteiger partial charge in [0.05, 0.1) is 10.6 Å². The molecule has 3 rings (SSSR count). The van der Waals surface area contributed by atoms with Gasteiger partial charge in [-0.15, -0.1) is 0 Å². The minimum Gasteiger partial charge on any atom is -0.436 e. The van der Waals surface area contributed by atoms with Gasteiger partial charge in [-0.2, -0.15) is 0 Å². The Bertz CT molecular complexity index is 698. The van der Waals surface area contributed by atoms with Crippen molar-refractivity contribution in [3.05, 3.63) is 46.2 Å². The predicted octanol–water partition coefficient (Wildman–Crippen LogP) is 4.51. The first-order chi connectivity index (χ1) is 8.65. The summed E-state index contributed by atoms with van der Waals surface area (Å²) in [6, 6.07) is 5.42. The van der Waals surface area contributed by atoms with E-state index < -0.39 is 0 Å². The average Bonchev–Trinajstić information content (AvgIpc) is 2.73. The quantitative estimate of drug-likeness (QED) is 0.658. The molecule has 2 aromatic heterocycles. The molecule has 0 bridgehead atoms. The third kappa shape index (κ3) is 1.85. The van der Waals surface area contributed by atoms with Gasteiger partial charge in [0, 0.05) is 23.5 Å². The highest BCUT2D eigenvalue weighted by Gasteiger charge is 2.12. The van der Waals surface area contributed by atoms with Crippen LogP contribution in [0.2, 0.25) is 10.0 Å². The van der Waals surface area contributed by atoms with Gasteiger partial charge < -0.3 is 4.42 Å². The van der Waals surface area contributed by atoms with Crippen LogP contribution in [0, 0.1) is 6.92 Å². The Balaban J connectivity index is 2.23. The Morgan fingerprint density at radius 1 is 1.17 bits per heavy atom. The van der Waals surface area contributed by atoms with E-state index in [2.05, 4.69) is 9.97 Å². The van der Waals surface area contributed by atoms with Crippen LogP contribution in [0.5, 0.6) is 0 Å². The van der Waals surface area contributed by atoms with E-state index in [0.717, 1.165) is 16.6 Å². The molecular weight excluding hydrogens is 271 g/mol. The number of benzene rings is 1. The van der Waals surface area contributed by atoms with E-state index in [1.54, 1.807) is 24.5 Å². The Hall–Kier alpha value is -1.58. The number of aromatic nitrogens is 2. The van der Waals surface area contributed by atoms with Crippen molar-refractivity contribution in [1.82, 2.24) is 9.97 Å². The van der Waals surface area contributed by atoms with Crippen molar-refractivity contribution in [2.75, 3.05) is 0 Å². The molecule has 0 saturated carbocycles. The number of rotatable bonds is 1. The number of halogens is 2. The highest BCUT2D eigenvalue weighted by molar-refractivity contribution is 6.33. The van der Waals surface area contributed by atoms with E-state index in [9.17, 15) is 0 Å². The van der Waals surface area contributed by atoms with E-state index in [1.807, 2.05) is 13.0 Å². The zero-order chi connectivity index (χ0) is 12.7. The molecule has 0 spiro atoms. The zero-order valence-corrected chi connectivity index (χ0v) is 11.0. The van der Waals surface area contributed by atoms with Gasteiger partial charge in [0.1, 0.15) is 5.52 Å². The number of oxazole rings is 1. The van der Waals surface area contributed by atoms with E-state index >= 15 is 0 Å². The first kappa shape index (κ1) is 11.5. The lowest BCUT2D eigenvalue weighted by molar-refractivity contribution is 0.619. The van der Waals surface area contributed by atoms with Crippen molar-refractivity contribution in [2.45, 2.75) is 6.92 Å². The van der Waals surface area contributed by atoms with Gasteiger partial charge >= 0.3 is 0 Å². The van der Waals surface area contributed by atoms with Crippen LogP contribution < -0.4 is 0 Å². The van der Waals surface area contributed by atoms with Crippen molar-refractivity contribution in [1.29, 1.82) is 0 Å². The van der Waals surface area contributed by atoms with Crippen LogP contribution in [0.4, 0.5) is 0 Å². The monoisotopic (exact) mass is 278 g/mol. The SMILES string of the molecule is Cc1cc2nc(-c3ccncc3Cl)oc2cc1Cl. The summed E-state index contributed by atoms with van der Waals surface area (Å²) in [4.78, 5) is 8.34. The molecule has 5 heteroatoms. The van der Waals surface area contributed by atoms with Gasteiger partial charge in [-0.05, 0) is 24.6 Å². The molecule has 90 valence electrons. The topological polar surface area (TPSA) is 38.9 Å². The Morgan fingerprint density at radius 3 is 2.78 bits per heavy atom. The molecule has 3 nitrogen and oxygen atoms in total. The van der Waals surface area contributed by atoms with Crippen LogP contribution in [-0.4, -0.2) is 9.97 Å². The average molecular weight is 279 g/mol. The van der Waals surface area contributed by atoms with Crippen LogP contribution in [0.15, 0.2) is 35.0 Å². The lowest BCUT2D eigenvalue weighted by Gasteiger charge is -1.96. The second kappa shape index (κ2) is 4.26. The van der Waals surface area contributed by atoms with Gasteiger partial charge in [-0.25, -0.2) is 4.98 Å². The lowest BCUT2D eigenvalue weighted by atomic mass is 10.2. The summed E-state index contributed by atoms with van der Waals surface area (Å²) >= 11 is 12.1. The van der Waals surface area contributed by atoms with Gasteiger partial charge in [-0.3, -0.25) is 4.98 Å². The zero-order valence-electron chi connectivity index (χ0n) is 9.45. The third-order valence-corrected chi connectivity index (χ3v) is 3.38. The number of hydrogen-bond acceptors (Lipinski definition) is 3. The summed E-state index contributed by atoms with van der Waals surface area (Å²) in [7, 11) is 0. The fourth-order valence-corrected chi connectivity index (χ4v) is 2.07. The van der Waals surface area contributed by atoms with Gasteiger partial charge in [-0.1, -0.05) is 23.2 Å². The number of aryl methyl sites for hydroxylation is 1. The maximum atomic E-state index is 6.06. The maximum Gasteiger partial charge on any atom is 0.228 e. The molecule has 1 aromatic carbocycles. The molecule has 18 heavy (non-hydrogen) atoms. The Morgan fingerprint density at radius 2 is 2.00 bits per heavy atom. The summed E-state index contributed by atoms with van der Waals surface area (Å²) in [5.41, 5.74) is 3.09. The number of fused-ring (bicyclic) bond motifs is 1. The third-order valence-electron chi connectivity index (χ3n) is 2.67. The van der Waals surface area contributed by atoms with E-state index in [0.29, 0.717) is 21.5 Å². The first-order valence-electron chi connectivity index (χ1n) is 5.32. The summed E-state index contributed by atoms with van der Waals surface area (Å²) in [6.45, 7) is 1.93. The standard InChI is InChI=1S/C13H8Cl2N2O/c1-7-4-11-12(5-9(7)14)18-13(17-11)8-2-3-16-6-10(8)15/h2-6H,1H3. The number of hydrogen-bond donors (Lipinski definition) is 0. The van der Waals surface area contributed by atoms with Crippen molar-refractivity contribution in [3.63, 3.8) is 0 Å². The van der Waals surface area contributed by atoms with Crippen molar-refractivity contribution in [3.8, 4) is 11.5 Å². The molecule has 3 aromatic rings. The fourth-order valence-electron chi connectivity index (χ4n) is 1.72. The predicted molar refractivity (Wildman–Crippen MR) is 72.0 cm³/mol. The Kier molecular flexibility index (Phi) is 2.73. The number of pyridine rings is 1. The molecule has 0 radical (unpaired) electrons. The van der Waals surface area contributed by atoms with Crippen molar-refractivity contribution in [2.24, 2.45) is 0 Å². The van der Waals surface area contributed by atoms with Gasteiger partial charge in [0.25, 0.3) is 0 Å². The van der Waals surface area contributed by atoms with Crippen LogP contribution >= 0.6 is 23.2 Å². The molecule has 0 aliphatic heterocycles. The van der Waals surface area contributed by atoms with Gasteiger partial charge in [0.2, 0.25) is 5.89 Å². The molecular formula is C13H8Cl2N2O. The molecule has 0 atom stereocenters. The van der Waals surface area contributed by atoms with Gasteiger partial charge in [0.15, 0.2) is 5.58 Å². The molecule has 0 unspecified atom stereocenters.